The lowest BCUT2D eigenvalue weighted by Crippen LogP contribution is -2.03. The van der Waals surface area contributed by atoms with Gasteiger partial charge in [-0.15, -0.1) is 0 Å². The van der Waals surface area contributed by atoms with Gasteiger partial charge in [0.1, 0.15) is 11.2 Å². The van der Waals surface area contributed by atoms with E-state index in [2.05, 4.69) is 202 Å². The van der Waals surface area contributed by atoms with Crippen LogP contribution in [0.4, 0.5) is 0 Å². The van der Waals surface area contributed by atoms with Crippen LogP contribution in [0.15, 0.2) is 186 Å². The van der Waals surface area contributed by atoms with E-state index in [0.717, 1.165) is 63.0 Å². The van der Waals surface area contributed by atoms with Gasteiger partial charge in [0.05, 0.1) is 27.6 Å². The second-order valence-electron chi connectivity index (χ2n) is 15.6. The molecule has 0 amide bonds. The molecule has 1 aliphatic rings. The van der Waals surface area contributed by atoms with Crippen LogP contribution in [0.5, 0.6) is 0 Å². The van der Waals surface area contributed by atoms with E-state index in [-0.39, 0.29) is 0 Å². The highest BCUT2D eigenvalue weighted by Crippen LogP contribution is 2.44. The molecule has 0 radical (unpaired) electrons. The van der Waals surface area contributed by atoms with E-state index in [1.807, 2.05) is 0 Å². The first-order valence-electron chi connectivity index (χ1n) is 20.2. The maximum atomic E-state index is 7.00. The van der Waals surface area contributed by atoms with E-state index in [0.29, 0.717) is 0 Å². The molecule has 0 saturated carbocycles. The lowest BCUT2D eigenvalue weighted by atomic mass is 9.98. The number of nitrogens with zero attached hydrogens (tertiary/aromatic N) is 3. The van der Waals surface area contributed by atoms with Crippen LogP contribution in [-0.4, -0.2) is 13.7 Å². The summed E-state index contributed by atoms with van der Waals surface area (Å²) in [6.45, 7) is 0. The van der Waals surface area contributed by atoms with E-state index >= 15 is 0 Å². The van der Waals surface area contributed by atoms with Crippen molar-refractivity contribution >= 4 is 82.5 Å². The number of aromatic nitrogens is 3. The summed E-state index contributed by atoms with van der Waals surface area (Å²) in [6, 6.07) is 64.1. The third-order valence-electron chi connectivity index (χ3n) is 12.5. The van der Waals surface area contributed by atoms with Gasteiger partial charge >= 0.3 is 0 Å². The monoisotopic (exact) mass is 741 g/mol. The highest BCUT2D eigenvalue weighted by atomic mass is 16.3. The summed E-state index contributed by atoms with van der Waals surface area (Å²) in [5.74, 6) is 0. The number of hydrogen-bond acceptors (Lipinski definition) is 1. The van der Waals surface area contributed by atoms with Gasteiger partial charge in [-0.25, -0.2) is 0 Å². The average molecular weight is 742 g/mol. The fourth-order valence-corrected chi connectivity index (χ4v) is 10.00. The fourth-order valence-electron chi connectivity index (χ4n) is 10.00. The zero-order chi connectivity index (χ0) is 37.9. The molecule has 0 unspecified atom stereocenters. The maximum absolute atomic E-state index is 7.00. The molecule has 0 spiro atoms. The minimum absolute atomic E-state index is 0.877. The molecule has 272 valence electrons. The quantitative estimate of drug-likeness (QED) is 0.176. The molecule has 1 aliphatic carbocycles. The lowest BCUT2D eigenvalue weighted by Gasteiger charge is -2.15. The summed E-state index contributed by atoms with van der Waals surface area (Å²) in [5, 5.41) is 8.45. The Hall–Kier alpha value is -7.56. The van der Waals surface area contributed by atoms with Gasteiger partial charge in [0.15, 0.2) is 0 Å². The highest BCUT2D eigenvalue weighted by Gasteiger charge is 2.23. The van der Waals surface area contributed by atoms with Crippen LogP contribution in [0.25, 0.3) is 111 Å². The molecule has 4 nitrogen and oxygen atoms in total. The molecule has 0 atom stereocenters. The molecular weight excluding hydrogens is 707 g/mol. The van der Waals surface area contributed by atoms with E-state index in [9.17, 15) is 0 Å². The van der Waals surface area contributed by atoms with Crippen molar-refractivity contribution in [3.05, 3.63) is 193 Å². The zero-order valence-electron chi connectivity index (χ0n) is 31.6. The smallest absolute Gasteiger partial charge is 0.143 e. The number of para-hydroxylation sites is 5. The molecule has 0 bridgehead atoms. The number of furan rings is 1. The zero-order valence-corrected chi connectivity index (χ0v) is 31.6. The van der Waals surface area contributed by atoms with Gasteiger partial charge in [-0.1, -0.05) is 109 Å². The van der Waals surface area contributed by atoms with E-state index in [1.165, 1.54) is 65.8 Å². The molecule has 4 heteroatoms. The van der Waals surface area contributed by atoms with Crippen LogP contribution >= 0.6 is 0 Å². The Morgan fingerprint density at radius 1 is 0.397 bits per heavy atom. The summed E-state index contributed by atoms with van der Waals surface area (Å²) < 4.78 is 14.3. The van der Waals surface area contributed by atoms with Gasteiger partial charge in [0, 0.05) is 71.6 Å². The van der Waals surface area contributed by atoms with Crippen molar-refractivity contribution in [2.24, 2.45) is 0 Å². The third kappa shape index (κ3) is 4.40. The van der Waals surface area contributed by atoms with Gasteiger partial charge in [0.25, 0.3) is 0 Å². The first kappa shape index (κ1) is 31.6. The van der Waals surface area contributed by atoms with E-state index < -0.39 is 0 Å². The molecule has 0 saturated heterocycles. The first-order valence-corrected chi connectivity index (χ1v) is 20.2. The molecule has 4 aromatic heterocycles. The Labute approximate surface area is 333 Å². The Morgan fingerprint density at radius 2 is 0.983 bits per heavy atom. The molecule has 13 rings (SSSR count). The predicted molar refractivity (Wildman–Crippen MR) is 242 cm³/mol. The van der Waals surface area contributed by atoms with Crippen LogP contribution in [-0.2, 0) is 6.42 Å². The van der Waals surface area contributed by atoms with Gasteiger partial charge in [0.2, 0.25) is 0 Å². The topological polar surface area (TPSA) is 27.9 Å². The third-order valence-corrected chi connectivity index (χ3v) is 12.5. The first-order chi connectivity index (χ1) is 28.8. The number of rotatable bonds is 4. The molecule has 58 heavy (non-hydrogen) atoms. The fraction of sp³-hybridized carbons (Fsp3) is 0.0370. The van der Waals surface area contributed by atoms with Crippen molar-refractivity contribution in [3.63, 3.8) is 0 Å². The van der Waals surface area contributed by atoms with Crippen LogP contribution in [0.2, 0.25) is 0 Å². The Kier molecular flexibility index (Phi) is 6.53. The predicted octanol–water partition coefficient (Wildman–Crippen LogP) is 14.4. The van der Waals surface area contributed by atoms with Gasteiger partial charge in [-0.05, 0) is 97.3 Å². The molecule has 0 fully saturated rings. The SMILES string of the molecule is C1=Cc2c(n(-c3cc(-c4ccc5c(c4)c4ccccc4n5-c4ccccc4)c4oc5ccc(-n6c7ccccc7c7ccccc76)cc5c4c3)c3ccccc23)CC1. The van der Waals surface area contributed by atoms with Crippen molar-refractivity contribution in [1.29, 1.82) is 0 Å². The molecule has 12 aromatic rings. The molecular formula is C54H35N3O. The minimum Gasteiger partial charge on any atom is -0.455 e. The normalized spacial score (nSPS) is 13.0. The van der Waals surface area contributed by atoms with E-state index in [1.54, 1.807) is 0 Å². The van der Waals surface area contributed by atoms with Gasteiger partial charge in [-0.3, -0.25) is 0 Å². The van der Waals surface area contributed by atoms with Crippen molar-refractivity contribution in [2.75, 3.05) is 0 Å². The standard InChI is InChI=1S/C54H35N3O/c1-2-14-35(15-3-1)55-51-25-13-8-20-42(51)44-30-34(26-28-52(44)55)43-32-37(57-49-23-11-6-18-40(49)41-19-7-12-24-50(41)57)33-46-45-31-36(27-29-53(45)58-54(43)46)56-47-21-9-4-16-38(47)39-17-5-10-22-48(39)56/h1-11,13-23,25-33H,12,24H2. The van der Waals surface area contributed by atoms with Crippen molar-refractivity contribution < 1.29 is 4.42 Å². The van der Waals surface area contributed by atoms with Gasteiger partial charge < -0.3 is 18.1 Å². The van der Waals surface area contributed by atoms with Crippen molar-refractivity contribution in [1.82, 2.24) is 13.7 Å². The summed E-state index contributed by atoms with van der Waals surface area (Å²) in [5.41, 5.74) is 16.1. The van der Waals surface area contributed by atoms with Crippen LogP contribution < -0.4 is 0 Å². The maximum Gasteiger partial charge on any atom is 0.143 e. The van der Waals surface area contributed by atoms with Crippen LogP contribution in [0.3, 0.4) is 0 Å². The highest BCUT2D eigenvalue weighted by molar-refractivity contribution is 6.15. The number of benzene rings is 8. The van der Waals surface area contributed by atoms with Gasteiger partial charge in [-0.2, -0.15) is 0 Å². The van der Waals surface area contributed by atoms with Crippen LogP contribution in [0, 0.1) is 0 Å². The molecule has 0 N–H and O–H groups in total. The van der Waals surface area contributed by atoms with E-state index in [4.69, 9.17) is 4.42 Å². The Balaban J connectivity index is 1.11. The number of allylic oxidation sites excluding steroid dienone is 1. The summed E-state index contributed by atoms with van der Waals surface area (Å²) in [6.07, 6.45) is 6.65. The second kappa shape index (κ2) is 12.0. The van der Waals surface area contributed by atoms with Crippen molar-refractivity contribution in [3.8, 4) is 28.2 Å². The van der Waals surface area contributed by atoms with Crippen LogP contribution in [0.1, 0.15) is 17.7 Å². The second-order valence-corrected chi connectivity index (χ2v) is 15.6. The Bertz CT molecular complexity index is 3630. The molecule has 4 heterocycles. The average Bonchev–Trinajstić information content (AvgIpc) is 4.02. The van der Waals surface area contributed by atoms with Crippen molar-refractivity contribution in [2.45, 2.75) is 12.8 Å². The summed E-state index contributed by atoms with van der Waals surface area (Å²) >= 11 is 0. The number of fused-ring (bicyclic) bond motifs is 12. The Morgan fingerprint density at radius 3 is 1.71 bits per heavy atom. The minimum atomic E-state index is 0.877. The molecule has 8 aromatic carbocycles. The summed E-state index contributed by atoms with van der Waals surface area (Å²) in [7, 11) is 0. The largest absolute Gasteiger partial charge is 0.455 e. The lowest BCUT2D eigenvalue weighted by molar-refractivity contribution is 0.670. The summed E-state index contributed by atoms with van der Waals surface area (Å²) in [4.78, 5) is 0. The number of hydrogen-bond donors (Lipinski definition) is 0. The molecule has 0 aliphatic heterocycles.